The van der Waals surface area contributed by atoms with Gasteiger partial charge in [-0.1, -0.05) is 12.1 Å². The highest BCUT2D eigenvalue weighted by atomic mass is 16.5. The number of rotatable bonds is 9. The molecule has 2 saturated heterocycles. The van der Waals surface area contributed by atoms with Crippen LogP contribution in [0.1, 0.15) is 17.7 Å². The van der Waals surface area contributed by atoms with E-state index in [0.29, 0.717) is 12.6 Å². The molecule has 1 aromatic heterocycles. The van der Waals surface area contributed by atoms with E-state index < -0.39 is 0 Å². The van der Waals surface area contributed by atoms with Crippen molar-refractivity contribution in [1.29, 1.82) is 0 Å². The van der Waals surface area contributed by atoms with Crippen molar-refractivity contribution in [3.05, 3.63) is 35.5 Å². The van der Waals surface area contributed by atoms with Gasteiger partial charge < -0.3 is 25.0 Å². The zero-order chi connectivity index (χ0) is 22.2. The predicted molar refractivity (Wildman–Crippen MR) is 128 cm³/mol. The second-order valence-corrected chi connectivity index (χ2v) is 8.41. The second kappa shape index (κ2) is 11.6. The van der Waals surface area contributed by atoms with Crippen molar-refractivity contribution in [2.75, 3.05) is 82.9 Å². The maximum atomic E-state index is 5.46. The number of aryl methyl sites for hydroxylation is 1. The number of anilines is 2. The van der Waals surface area contributed by atoms with Gasteiger partial charge in [-0.15, -0.1) is 0 Å². The van der Waals surface area contributed by atoms with Gasteiger partial charge in [0.25, 0.3) is 0 Å². The van der Waals surface area contributed by atoms with E-state index in [1.165, 1.54) is 5.69 Å². The Hall–Kier alpha value is -2.26. The average molecular weight is 441 g/mol. The summed E-state index contributed by atoms with van der Waals surface area (Å²) in [5, 5.41) is 6.84. The fraction of sp³-hybridized carbons (Fsp3) is 0.583. The highest BCUT2D eigenvalue weighted by Crippen LogP contribution is 2.28. The average Bonchev–Trinajstić information content (AvgIpc) is 2.85. The molecule has 1 aromatic carbocycles. The van der Waals surface area contributed by atoms with Crippen LogP contribution in [-0.2, 0) is 16.1 Å². The van der Waals surface area contributed by atoms with E-state index >= 15 is 0 Å². The summed E-state index contributed by atoms with van der Waals surface area (Å²) in [7, 11) is 1.72. The predicted octanol–water partition coefficient (Wildman–Crippen LogP) is 2.14. The molecule has 3 heterocycles. The molecule has 0 atom stereocenters. The van der Waals surface area contributed by atoms with Crippen molar-refractivity contribution in [1.82, 2.24) is 20.2 Å². The molecule has 2 N–H and O–H groups in total. The van der Waals surface area contributed by atoms with Crippen LogP contribution in [0.2, 0.25) is 0 Å². The maximum Gasteiger partial charge on any atom is 0.223 e. The fourth-order valence-corrected chi connectivity index (χ4v) is 4.31. The minimum Gasteiger partial charge on any atom is -0.380 e. The molecule has 0 unspecified atom stereocenters. The lowest BCUT2D eigenvalue weighted by atomic mass is 10.0. The van der Waals surface area contributed by atoms with E-state index in [1.807, 2.05) is 6.92 Å². The molecule has 2 aromatic rings. The van der Waals surface area contributed by atoms with Crippen LogP contribution in [0, 0.1) is 6.92 Å². The Morgan fingerprint density at radius 1 is 1.06 bits per heavy atom. The van der Waals surface area contributed by atoms with Gasteiger partial charge in [-0.3, -0.25) is 4.90 Å². The van der Waals surface area contributed by atoms with E-state index in [0.717, 1.165) is 94.5 Å². The van der Waals surface area contributed by atoms with Gasteiger partial charge >= 0.3 is 0 Å². The summed E-state index contributed by atoms with van der Waals surface area (Å²) in [5.74, 6) is 0.686. The third-order valence-electron chi connectivity index (χ3n) is 6.16. The van der Waals surface area contributed by atoms with Gasteiger partial charge in [0.1, 0.15) is 0 Å². The summed E-state index contributed by atoms with van der Waals surface area (Å²) >= 11 is 0. The van der Waals surface area contributed by atoms with Crippen molar-refractivity contribution < 1.29 is 9.47 Å². The summed E-state index contributed by atoms with van der Waals surface area (Å²) in [6.45, 7) is 12.3. The maximum absolute atomic E-state index is 5.46. The molecule has 2 aliphatic rings. The highest BCUT2D eigenvalue weighted by molar-refractivity contribution is 5.68. The first kappa shape index (κ1) is 22.9. The summed E-state index contributed by atoms with van der Waals surface area (Å²) in [6.07, 6.45) is 1.05. The van der Waals surface area contributed by atoms with E-state index in [1.54, 1.807) is 7.11 Å². The zero-order valence-electron chi connectivity index (χ0n) is 19.4. The molecule has 0 radical (unpaired) electrons. The number of hydrogen-bond donors (Lipinski definition) is 2. The smallest absolute Gasteiger partial charge is 0.223 e. The third-order valence-corrected chi connectivity index (χ3v) is 6.16. The lowest BCUT2D eigenvalue weighted by Gasteiger charge is -2.29. The Bertz CT molecular complexity index is 848. The number of ether oxygens (including phenoxy) is 2. The molecule has 8 nitrogen and oxygen atoms in total. The molecule has 2 fully saturated rings. The molecule has 0 aliphatic carbocycles. The first-order valence-electron chi connectivity index (χ1n) is 11.7. The van der Waals surface area contributed by atoms with Crippen LogP contribution >= 0.6 is 0 Å². The Morgan fingerprint density at radius 2 is 1.81 bits per heavy atom. The van der Waals surface area contributed by atoms with Crippen LogP contribution in [0.3, 0.4) is 0 Å². The van der Waals surface area contributed by atoms with Gasteiger partial charge in [0, 0.05) is 75.4 Å². The molecule has 0 spiro atoms. The summed E-state index contributed by atoms with van der Waals surface area (Å²) < 4.78 is 10.9. The van der Waals surface area contributed by atoms with Gasteiger partial charge in [-0.2, -0.15) is 0 Å². The number of aromatic nitrogens is 2. The van der Waals surface area contributed by atoms with Crippen LogP contribution in [0.4, 0.5) is 11.6 Å². The normalized spacial score (nSPS) is 17.5. The molecule has 32 heavy (non-hydrogen) atoms. The number of morpholine rings is 1. The molecule has 0 amide bonds. The first-order valence-corrected chi connectivity index (χ1v) is 11.7. The van der Waals surface area contributed by atoms with Gasteiger partial charge in [0.05, 0.1) is 25.5 Å². The molecule has 0 bridgehead atoms. The Morgan fingerprint density at radius 3 is 2.53 bits per heavy atom. The summed E-state index contributed by atoms with van der Waals surface area (Å²) in [5.41, 5.74) is 5.30. The van der Waals surface area contributed by atoms with E-state index in [2.05, 4.69) is 44.7 Å². The number of benzene rings is 1. The number of methoxy groups -OCH3 is 1. The van der Waals surface area contributed by atoms with Gasteiger partial charge in [0.2, 0.25) is 5.95 Å². The fourth-order valence-electron chi connectivity index (χ4n) is 4.31. The van der Waals surface area contributed by atoms with Gasteiger partial charge in [-0.05, 0) is 32.0 Å². The lowest BCUT2D eigenvalue weighted by molar-refractivity contribution is 0.0378. The van der Waals surface area contributed by atoms with Crippen molar-refractivity contribution in [3.63, 3.8) is 0 Å². The molecule has 0 saturated carbocycles. The number of hydrogen-bond acceptors (Lipinski definition) is 8. The van der Waals surface area contributed by atoms with Crippen LogP contribution in [0.5, 0.6) is 0 Å². The topological polar surface area (TPSA) is 74.8 Å². The van der Waals surface area contributed by atoms with Crippen molar-refractivity contribution in [3.8, 4) is 11.3 Å². The summed E-state index contributed by atoms with van der Waals surface area (Å²) in [6, 6.07) is 8.73. The quantitative estimate of drug-likeness (QED) is 0.575. The Balaban J connectivity index is 1.45. The van der Waals surface area contributed by atoms with Crippen molar-refractivity contribution in [2.24, 2.45) is 0 Å². The first-order chi connectivity index (χ1) is 15.7. The number of piperazine rings is 1. The van der Waals surface area contributed by atoms with Crippen LogP contribution in [0.15, 0.2) is 24.3 Å². The molecular weight excluding hydrogens is 404 g/mol. The zero-order valence-corrected chi connectivity index (χ0v) is 19.4. The number of nitrogens with zero attached hydrogens (tertiary/aromatic N) is 4. The van der Waals surface area contributed by atoms with E-state index in [9.17, 15) is 0 Å². The molecular formula is C24H36N6O2. The van der Waals surface area contributed by atoms with Crippen molar-refractivity contribution >= 4 is 11.6 Å². The minimum atomic E-state index is 0.498. The minimum absolute atomic E-state index is 0.498. The van der Waals surface area contributed by atoms with E-state index in [-0.39, 0.29) is 0 Å². The van der Waals surface area contributed by atoms with Crippen molar-refractivity contribution in [2.45, 2.75) is 20.0 Å². The van der Waals surface area contributed by atoms with Crippen LogP contribution in [-0.4, -0.2) is 87.5 Å². The Labute approximate surface area is 191 Å². The third kappa shape index (κ3) is 5.95. The molecule has 174 valence electrons. The standard InChI is InChI=1S/C24H36N6O2/c1-19-22(18-31-2)23(20-4-6-21(7-5-20)30-12-9-25-10-13-30)28-24(27-19)26-8-3-11-29-14-16-32-17-15-29/h4-7,25H,3,8-18H2,1-2H3,(H,26,27,28). The SMILES string of the molecule is COCc1c(C)nc(NCCCN2CCOCC2)nc1-c1ccc(N2CCNCC2)cc1. The monoisotopic (exact) mass is 440 g/mol. The molecule has 4 rings (SSSR count). The van der Waals surface area contributed by atoms with Gasteiger partial charge in [-0.25, -0.2) is 9.97 Å². The summed E-state index contributed by atoms with van der Waals surface area (Å²) in [4.78, 5) is 14.5. The molecule has 2 aliphatic heterocycles. The second-order valence-electron chi connectivity index (χ2n) is 8.41. The van der Waals surface area contributed by atoms with Gasteiger partial charge in [0.15, 0.2) is 0 Å². The largest absolute Gasteiger partial charge is 0.380 e. The number of nitrogens with one attached hydrogen (secondary N) is 2. The van der Waals surface area contributed by atoms with Crippen LogP contribution < -0.4 is 15.5 Å². The highest BCUT2D eigenvalue weighted by Gasteiger charge is 2.16. The van der Waals surface area contributed by atoms with E-state index in [4.69, 9.17) is 19.4 Å². The van der Waals surface area contributed by atoms with Crippen LogP contribution in [0.25, 0.3) is 11.3 Å². The lowest BCUT2D eigenvalue weighted by Crippen LogP contribution is -2.43. The molecule has 8 heteroatoms. The Kier molecular flexibility index (Phi) is 8.28.